The second-order valence-electron chi connectivity index (χ2n) is 7.00. The second-order valence-corrected chi connectivity index (χ2v) is 7.00. The minimum absolute atomic E-state index is 0.670. The first-order valence-corrected chi connectivity index (χ1v) is 8.77. The molecule has 2 nitrogen and oxygen atoms in total. The Bertz CT molecular complexity index is 627. The summed E-state index contributed by atoms with van der Waals surface area (Å²) in [4.78, 5) is 0. The standard InChI is InChI=1S/C21H24O2/c1-2-6-20(7-3-1)23-21-8-4-5-18(13-21)19-11-17(12-19)15-22-14-16-9-10-16/h1-8,13,16-17,19H,9-12,14-15H2. The molecule has 4 rings (SSSR count). The van der Waals surface area contributed by atoms with E-state index in [0.717, 1.165) is 36.5 Å². The van der Waals surface area contributed by atoms with Gasteiger partial charge in [-0.2, -0.15) is 0 Å². The summed E-state index contributed by atoms with van der Waals surface area (Å²) in [5, 5.41) is 0. The second kappa shape index (κ2) is 6.76. The maximum atomic E-state index is 5.94. The fourth-order valence-electron chi connectivity index (χ4n) is 3.29. The largest absolute Gasteiger partial charge is 0.457 e. The van der Waals surface area contributed by atoms with Gasteiger partial charge in [-0.25, -0.2) is 0 Å². The van der Waals surface area contributed by atoms with Gasteiger partial charge in [-0.3, -0.25) is 0 Å². The van der Waals surface area contributed by atoms with Gasteiger partial charge >= 0.3 is 0 Å². The van der Waals surface area contributed by atoms with Crippen molar-refractivity contribution in [2.24, 2.45) is 11.8 Å². The molecule has 0 aromatic heterocycles. The Kier molecular flexibility index (Phi) is 4.34. The van der Waals surface area contributed by atoms with Crippen LogP contribution in [0, 0.1) is 11.8 Å². The van der Waals surface area contributed by atoms with E-state index >= 15 is 0 Å². The van der Waals surface area contributed by atoms with Gasteiger partial charge in [0.05, 0.1) is 0 Å². The molecule has 2 fully saturated rings. The van der Waals surface area contributed by atoms with Crippen molar-refractivity contribution in [3.8, 4) is 11.5 Å². The maximum absolute atomic E-state index is 5.94. The summed E-state index contributed by atoms with van der Waals surface area (Å²) in [6, 6.07) is 18.5. The minimum Gasteiger partial charge on any atom is -0.457 e. The van der Waals surface area contributed by atoms with E-state index in [2.05, 4.69) is 18.2 Å². The Hall–Kier alpha value is -1.80. The predicted octanol–water partition coefficient (Wildman–Crippen LogP) is 5.40. The molecule has 120 valence electrons. The van der Waals surface area contributed by atoms with E-state index in [1.165, 1.54) is 31.2 Å². The van der Waals surface area contributed by atoms with E-state index in [0.29, 0.717) is 5.92 Å². The third-order valence-corrected chi connectivity index (χ3v) is 4.95. The van der Waals surface area contributed by atoms with E-state index in [-0.39, 0.29) is 0 Å². The Morgan fingerprint density at radius 3 is 2.30 bits per heavy atom. The van der Waals surface area contributed by atoms with Gasteiger partial charge in [-0.15, -0.1) is 0 Å². The normalized spacial score (nSPS) is 23.3. The average Bonchev–Trinajstić information content (AvgIpc) is 3.35. The third kappa shape index (κ3) is 3.94. The monoisotopic (exact) mass is 308 g/mol. The smallest absolute Gasteiger partial charge is 0.127 e. The van der Waals surface area contributed by atoms with Crippen molar-refractivity contribution in [1.29, 1.82) is 0 Å². The SMILES string of the molecule is c1ccc(Oc2cccc(C3CC(COCC4CC4)C3)c2)cc1. The molecule has 2 saturated carbocycles. The topological polar surface area (TPSA) is 18.5 Å². The van der Waals surface area contributed by atoms with Gasteiger partial charge in [0, 0.05) is 13.2 Å². The summed E-state index contributed by atoms with van der Waals surface area (Å²) in [5.41, 5.74) is 1.40. The highest BCUT2D eigenvalue weighted by molar-refractivity contribution is 5.35. The number of hydrogen-bond acceptors (Lipinski definition) is 2. The summed E-state index contributed by atoms with van der Waals surface area (Å²) in [6.07, 6.45) is 5.25. The molecular formula is C21H24O2. The summed E-state index contributed by atoms with van der Waals surface area (Å²) in [6.45, 7) is 1.94. The molecule has 2 aromatic rings. The Balaban J connectivity index is 1.29. The Morgan fingerprint density at radius 1 is 0.783 bits per heavy atom. The van der Waals surface area contributed by atoms with Crippen LogP contribution in [-0.2, 0) is 4.74 Å². The van der Waals surface area contributed by atoms with Gasteiger partial charge < -0.3 is 9.47 Å². The first-order chi connectivity index (χ1) is 11.4. The molecule has 0 bridgehead atoms. The number of rotatable bonds is 7. The van der Waals surface area contributed by atoms with Crippen LogP contribution < -0.4 is 4.74 Å². The molecule has 0 unspecified atom stereocenters. The van der Waals surface area contributed by atoms with Gasteiger partial charge in [-0.05, 0) is 73.3 Å². The van der Waals surface area contributed by atoms with E-state index < -0.39 is 0 Å². The lowest BCUT2D eigenvalue weighted by Gasteiger charge is -2.35. The van der Waals surface area contributed by atoms with E-state index in [9.17, 15) is 0 Å². The molecule has 2 aliphatic carbocycles. The van der Waals surface area contributed by atoms with Crippen LogP contribution in [0.1, 0.15) is 37.2 Å². The molecule has 23 heavy (non-hydrogen) atoms. The molecule has 0 radical (unpaired) electrons. The number of para-hydroxylation sites is 1. The van der Waals surface area contributed by atoms with E-state index in [4.69, 9.17) is 9.47 Å². The first-order valence-electron chi connectivity index (χ1n) is 8.77. The van der Waals surface area contributed by atoms with Gasteiger partial charge in [-0.1, -0.05) is 30.3 Å². The maximum Gasteiger partial charge on any atom is 0.127 e. The number of hydrogen-bond donors (Lipinski definition) is 0. The highest BCUT2D eigenvalue weighted by atomic mass is 16.5. The van der Waals surface area contributed by atoms with Crippen molar-refractivity contribution in [1.82, 2.24) is 0 Å². The number of ether oxygens (including phenoxy) is 2. The third-order valence-electron chi connectivity index (χ3n) is 4.95. The van der Waals surface area contributed by atoms with Crippen molar-refractivity contribution < 1.29 is 9.47 Å². The van der Waals surface area contributed by atoms with E-state index in [1.54, 1.807) is 0 Å². The molecule has 0 atom stereocenters. The fourth-order valence-corrected chi connectivity index (χ4v) is 3.29. The molecule has 0 heterocycles. The zero-order valence-corrected chi connectivity index (χ0v) is 13.5. The van der Waals surface area contributed by atoms with E-state index in [1.807, 2.05) is 36.4 Å². The lowest BCUT2D eigenvalue weighted by Crippen LogP contribution is -2.26. The molecule has 0 saturated heterocycles. The van der Waals surface area contributed by atoms with Gasteiger partial charge in [0.25, 0.3) is 0 Å². The highest BCUT2D eigenvalue weighted by Crippen LogP contribution is 2.43. The molecule has 0 amide bonds. The summed E-state index contributed by atoms with van der Waals surface area (Å²) in [7, 11) is 0. The molecule has 0 N–H and O–H groups in total. The van der Waals surface area contributed by atoms with Crippen LogP contribution in [0.25, 0.3) is 0 Å². The van der Waals surface area contributed by atoms with Crippen LogP contribution in [0.2, 0.25) is 0 Å². The van der Waals surface area contributed by atoms with Crippen molar-refractivity contribution in [2.75, 3.05) is 13.2 Å². The van der Waals surface area contributed by atoms with Gasteiger partial charge in [0.1, 0.15) is 11.5 Å². The van der Waals surface area contributed by atoms with Crippen molar-refractivity contribution in [3.05, 3.63) is 60.2 Å². The highest BCUT2D eigenvalue weighted by Gasteiger charge is 2.31. The van der Waals surface area contributed by atoms with Crippen LogP contribution in [0.5, 0.6) is 11.5 Å². The summed E-state index contributed by atoms with van der Waals surface area (Å²) >= 11 is 0. The molecular weight excluding hydrogens is 284 g/mol. The molecule has 2 aromatic carbocycles. The van der Waals surface area contributed by atoms with Crippen LogP contribution in [0.3, 0.4) is 0 Å². The van der Waals surface area contributed by atoms with Crippen LogP contribution in [-0.4, -0.2) is 13.2 Å². The van der Waals surface area contributed by atoms with Gasteiger partial charge in [0.15, 0.2) is 0 Å². The fraction of sp³-hybridized carbons (Fsp3) is 0.429. The lowest BCUT2D eigenvalue weighted by molar-refractivity contribution is 0.0549. The van der Waals surface area contributed by atoms with Gasteiger partial charge in [0.2, 0.25) is 0 Å². The number of benzene rings is 2. The quantitative estimate of drug-likeness (QED) is 0.682. The summed E-state index contributed by atoms with van der Waals surface area (Å²) in [5.74, 6) is 4.12. The molecule has 2 heteroatoms. The van der Waals surface area contributed by atoms with Crippen molar-refractivity contribution in [2.45, 2.75) is 31.6 Å². The molecule has 2 aliphatic rings. The first kappa shape index (κ1) is 14.8. The van der Waals surface area contributed by atoms with Crippen LogP contribution >= 0.6 is 0 Å². The van der Waals surface area contributed by atoms with Crippen LogP contribution in [0.4, 0.5) is 0 Å². The zero-order chi connectivity index (χ0) is 15.5. The molecule has 0 spiro atoms. The average molecular weight is 308 g/mol. The van der Waals surface area contributed by atoms with Crippen molar-refractivity contribution >= 4 is 0 Å². The predicted molar refractivity (Wildman–Crippen MR) is 92.0 cm³/mol. The summed E-state index contributed by atoms with van der Waals surface area (Å²) < 4.78 is 11.8. The van der Waals surface area contributed by atoms with Crippen molar-refractivity contribution in [3.63, 3.8) is 0 Å². The lowest BCUT2D eigenvalue weighted by atomic mass is 9.72. The Labute approximate surface area is 138 Å². The van der Waals surface area contributed by atoms with Crippen LogP contribution in [0.15, 0.2) is 54.6 Å². The minimum atomic E-state index is 0.670. The zero-order valence-electron chi connectivity index (χ0n) is 13.5. The molecule has 0 aliphatic heterocycles. The Morgan fingerprint density at radius 2 is 1.52 bits per heavy atom.